The monoisotopic (exact) mass is 599 g/mol. The van der Waals surface area contributed by atoms with Crippen molar-refractivity contribution in [1.82, 2.24) is 10.2 Å². The molecule has 2 amide bonds. The number of carbonyl (C=O) groups excluding carboxylic acids is 2. The van der Waals surface area contributed by atoms with Gasteiger partial charge in [-0.1, -0.05) is 73.7 Å². The van der Waals surface area contributed by atoms with Gasteiger partial charge in [-0.2, -0.15) is 0 Å². The van der Waals surface area contributed by atoms with E-state index in [0.717, 1.165) is 16.3 Å². The molecule has 2 atom stereocenters. The molecule has 0 aliphatic rings. The lowest BCUT2D eigenvalue weighted by atomic mass is 10.1. The van der Waals surface area contributed by atoms with Crippen LogP contribution in [0.1, 0.15) is 32.8 Å². The number of rotatable bonds is 13. The number of hydrogen-bond donors (Lipinski definition) is 1. The van der Waals surface area contributed by atoms with Crippen LogP contribution in [0.25, 0.3) is 0 Å². The fraction of sp³-hybridized carbons (Fsp3) is 0.235. The molecule has 9 heteroatoms. The van der Waals surface area contributed by atoms with Crippen molar-refractivity contribution in [2.24, 2.45) is 0 Å². The molecule has 4 rings (SSSR count). The van der Waals surface area contributed by atoms with Gasteiger partial charge in [-0.25, -0.2) is 8.42 Å². The van der Waals surface area contributed by atoms with Crippen LogP contribution in [0.2, 0.25) is 0 Å². The number of hydrogen-bond acceptors (Lipinski definition) is 5. The van der Waals surface area contributed by atoms with Crippen molar-refractivity contribution >= 4 is 27.5 Å². The van der Waals surface area contributed by atoms with Crippen molar-refractivity contribution in [3.8, 4) is 11.5 Å². The molecule has 224 valence electrons. The first-order valence-electron chi connectivity index (χ1n) is 14.2. The molecule has 0 aliphatic carbocycles. The minimum absolute atomic E-state index is 0.0459. The molecule has 0 bridgehead atoms. The van der Waals surface area contributed by atoms with Gasteiger partial charge in [0.05, 0.1) is 10.6 Å². The molecular formula is C34H37N3O5S. The zero-order chi connectivity index (χ0) is 30.8. The molecule has 0 heterocycles. The number of ether oxygens (including phenoxy) is 1. The third kappa shape index (κ3) is 8.23. The lowest BCUT2D eigenvalue weighted by Gasteiger charge is -2.32. The Kier molecular flexibility index (Phi) is 10.6. The lowest BCUT2D eigenvalue weighted by Crippen LogP contribution is -2.52. The molecule has 43 heavy (non-hydrogen) atoms. The van der Waals surface area contributed by atoms with Crippen LogP contribution in [0.4, 0.5) is 5.69 Å². The van der Waals surface area contributed by atoms with Gasteiger partial charge in [-0.3, -0.25) is 13.9 Å². The van der Waals surface area contributed by atoms with Crippen molar-refractivity contribution in [2.75, 3.05) is 10.8 Å². The smallest absolute Gasteiger partial charge is 0.264 e. The van der Waals surface area contributed by atoms with Crippen LogP contribution in [-0.2, 0) is 26.2 Å². The van der Waals surface area contributed by atoms with E-state index in [1.165, 1.54) is 17.0 Å². The second-order valence-corrected chi connectivity index (χ2v) is 12.1. The summed E-state index contributed by atoms with van der Waals surface area (Å²) in [7, 11) is -4.15. The predicted octanol–water partition coefficient (Wildman–Crippen LogP) is 6.01. The largest absolute Gasteiger partial charge is 0.457 e. The van der Waals surface area contributed by atoms with Crippen molar-refractivity contribution in [2.45, 2.75) is 50.7 Å². The number of anilines is 1. The fourth-order valence-electron chi connectivity index (χ4n) is 4.38. The first-order chi connectivity index (χ1) is 20.7. The number of amides is 2. The van der Waals surface area contributed by atoms with Gasteiger partial charge in [0.1, 0.15) is 24.1 Å². The summed E-state index contributed by atoms with van der Waals surface area (Å²) in [6, 6.07) is 32.1. The maximum atomic E-state index is 14.0. The number of carbonyl (C=O) groups is 2. The van der Waals surface area contributed by atoms with Gasteiger partial charge in [0.15, 0.2) is 0 Å². The van der Waals surface area contributed by atoms with Crippen LogP contribution in [0.15, 0.2) is 120 Å². The summed E-state index contributed by atoms with van der Waals surface area (Å²) >= 11 is 0. The van der Waals surface area contributed by atoms with Crippen molar-refractivity contribution in [1.29, 1.82) is 0 Å². The van der Waals surface area contributed by atoms with E-state index in [1.54, 1.807) is 49.4 Å². The topological polar surface area (TPSA) is 96.0 Å². The Labute approximate surface area is 254 Å². The number of nitrogens with one attached hydrogen (secondary N) is 1. The van der Waals surface area contributed by atoms with Gasteiger partial charge >= 0.3 is 0 Å². The Morgan fingerprint density at radius 2 is 1.30 bits per heavy atom. The van der Waals surface area contributed by atoms with Crippen molar-refractivity contribution in [3.05, 3.63) is 121 Å². The number of benzene rings is 4. The second-order valence-electron chi connectivity index (χ2n) is 10.2. The quantitative estimate of drug-likeness (QED) is 0.203. The zero-order valence-electron chi connectivity index (χ0n) is 24.6. The summed E-state index contributed by atoms with van der Waals surface area (Å²) in [5.41, 5.74) is 1.10. The molecule has 0 spiro atoms. The highest BCUT2D eigenvalue weighted by atomic mass is 32.2. The summed E-state index contributed by atoms with van der Waals surface area (Å²) in [5.74, 6) is 0.332. The van der Waals surface area contributed by atoms with E-state index in [9.17, 15) is 18.0 Å². The molecule has 0 aromatic heterocycles. The molecule has 0 saturated carbocycles. The Hall–Kier alpha value is -4.63. The number of para-hydroxylation sites is 1. The first-order valence-corrected chi connectivity index (χ1v) is 15.7. The molecule has 1 N–H and O–H groups in total. The molecule has 0 aliphatic heterocycles. The first kappa shape index (κ1) is 31.3. The zero-order valence-corrected chi connectivity index (χ0v) is 25.4. The van der Waals surface area contributed by atoms with Crippen LogP contribution in [-0.4, -0.2) is 43.8 Å². The van der Waals surface area contributed by atoms with Gasteiger partial charge in [-0.05, 0) is 74.4 Å². The number of sulfonamides is 1. The van der Waals surface area contributed by atoms with E-state index >= 15 is 0 Å². The van der Waals surface area contributed by atoms with Crippen molar-refractivity contribution in [3.63, 3.8) is 0 Å². The van der Waals surface area contributed by atoms with Gasteiger partial charge in [-0.15, -0.1) is 0 Å². The van der Waals surface area contributed by atoms with E-state index in [2.05, 4.69) is 5.32 Å². The highest BCUT2D eigenvalue weighted by molar-refractivity contribution is 7.92. The molecule has 4 aromatic rings. The summed E-state index contributed by atoms with van der Waals surface area (Å²) in [5, 5.41) is 2.94. The van der Waals surface area contributed by atoms with E-state index in [4.69, 9.17) is 4.74 Å². The summed E-state index contributed by atoms with van der Waals surface area (Å²) in [6.45, 7) is 5.14. The van der Waals surface area contributed by atoms with Gasteiger partial charge in [0.25, 0.3) is 10.0 Å². The van der Waals surface area contributed by atoms with Crippen LogP contribution >= 0.6 is 0 Å². The van der Waals surface area contributed by atoms with Crippen molar-refractivity contribution < 1.29 is 22.7 Å². The van der Waals surface area contributed by atoms with Crippen LogP contribution in [0.5, 0.6) is 11.5 Å². The summed E-state index contributed by atoms with van der Waals surface area (Å²) in [4.78, 5) is 28.7. The average Bonchev–Trinajstić information content (AvgIpc) is 3.03. The Balaban J connectivity index is 1.68. The van der Waals surface area contributed by atoms with Crippen LogP contribution in [0.3, 0.4) is 0 Å². The molecular weight excluding hydrogens is 562 g/mol. The summed E-state index contributed by atoms with van der Waals surface area (Å²) < 4.78 is 34.9. The second kappa shape index (κ2) is 14.5. The van der Waals surface area contributed by atoms with E-state index < -0.39 is 28.5 Å². The molecule has 0 fully saturated rings. The van der Waals surface area contributed by atoms with Gasteiger partial charge in [0, 0.05) is 12.6 Å². The minimum atomic E-state index is -4.15. The number of nitrogens with zero attached hydrogens (tertiary/aromatic N) is 2. The highest BCUT2D eigenvalue weighted by Crippen LogP contribution is 2.28. The lowest BCUT2D eigenvalue weighted by molar-refractivity contribution is -0.139. The maximum Gasteiger partial charge on any atom is 0.264 e. The van der Waals surface area contributed by atoms with Gasteiger partial charge in [0.2, 0.25) is 11.8 Å². The third-order valence-corrected chi connectivity index (χ3v) is 8.87. The normalized spacial score (nSPS) is 12.5. The minimum Gasteiger partial charge on any atom is -0.457 e. The Morgan fingerprint density at radius 3 is 1.88 bits per heavy atom. The van der Waals surface area contributed by atoms with Crippen LogP contribution < -0.4 is 14.4 Å². The third-order valence-electron chi connectivity index (χ3n) is 7.08. The van der Waals surface area contributed by atoms with E-state index in [1.807, 2.05) is 74.5 Å². The van der Waals surface area contributed by atoms with E-state index in [0.29, 0.717) is 11.5 Å². The maximum absolute atomic E-state index is 14.0. The Bertz CT molecular complexity index is 1580. The summed E-state index contributed by atoms with van der Waals surface area (Å²) in [6.07, 6.45) is 0.734. The molecule has 4 aromatic carbocycles. The molecule has 0 radical (unpaired) electrons. The predicted molar refractivity (Wildman–Crippen MR) is 168 cm³/mol. The molecule has 0 unspecified atom stereocenters. The SMILES string of the molecule is CC[C@H](C)NC(=O)[C@H](C)N(Cc1ccccc1)C(=O)CN(c1ccc(Oc2ccccc2)cc1)S(=O)(=O)c1ccccc1. The fourth-order valence-corrected chi connectivity index (χ4v) is 5.82. The van der Waals surface area contributed by atoms with E-state index in [-0.39, 0.29) is 29.1 Å². The molecule has 0 saturated heterocycles. The van der Waals surface area contributed by atoms with Gasteiger partial charge < -0.3 is 15.0 Å². The molecule has 8 nitrogen and oxygen atoms in total. The van der Waals surface area contributed by atoms with Crippen LogP contribution in [0, 0.1) is 0 Å². The average molecular weight is 600 g/mol. The Morgan fingerprint density at radius 1 is 0.767 bits per heavy atom. The standard InChI is InChI=1S/C34H37N3O5S/c1-4-26(2)35-34(39)27(3)36(24-28-14-8-5-9-15-28)33(38)25-37(43(40,41)32-18-12-7-13-19-32)29-20-22-31(23-21-29)42-30-16-10-6-11-17-30/h5-23,26-27H,4,24-25H2,1-3H3,(H,35,39)/t26-,27-/m0/s1. The highest BCUT2D eigenvalue weighted by Gasteiger charge is 2.32.